The monoisotopic (exact) mass is 429 g/mol. The van der Waals surface area contributed by atoms with E-state index in [0.717, 1.165) is 26.4 Å². The van der Waals surface area contributed by atoms with Crippen LogP contribution in [-0.4, -0.2) is 44.7 Å². The van der Waals surface area contributed by atoms with Gasteiger partial charge in [-0.1, -0.05) is 0 Å². The van der Waals surface area contributed by atoms with E-state index < -0.39 is 11.7 Å². The fraction of sp³-hybridized carbons (Fsp3) is 0.476. The maximum atomic E-state index is 13.8. The van der Waals surface area contributed by atoms with Gasteiger partial charge in [0.1, 0.15) is 17.5 Å². The number of aromatic nitrogens is 3. The molecule has 1 saturated heterocycles. The summed E-state index contributed by atoms with van der Waals surface area (Å²) in [6.07, 6.45) is 4.96. The maximum Gasteiger partial charge on any atom is 0.303 e. The number of hydrogen-bond donors (Lipinski definition) is 3. The molecule has 2 aromatic rings. The Hall–Kier alpha value is -3.17. The number of carbonyl (C=O) groups is 1. The lowest BCUT2D eigenvalue weighted by atomic mass is 10.1. The molecule has 0 radical (unpaired) electrons. The molecule has 0 aromatic carbocycles. The molecular weight excluding hydrogens is 404 g/mol. The topological polar surface area (TPSA) is 107 Å². The second-order valence-corrected chi connectivity index (χ2v) is 8.55. The molecule has 1 spiro atoms. The Morgan fingerprint density at radius 2 is 1.97 bits per heavy atom. The largest absolute Gasteiger partial charge is 0.356 e. The zero-order valence-corrected chi connectivity index (χ0v) is 17.7. The number of likely N-dealkylation sites (tertiary alicyclic amines) is 1. The van der Waals surface area contributed by atoms with Crippen LogP contribution in [0.15, 0.2) is 18.3 Å². The Balaban J connectivity index is 1.68. The number of amidine groups is 1. The summed E-state index contributed by atoms with van der Waals surface area (Å²) in [4.78, 5) is 25.5. The minimum Gasteiger partial charge on any atom is -0.356 e. The number of nitrogens with one attached hydrogen (secondary N) is 3. The van der Waals surface area contributed by atoms with Gasteiger partial charge in [-0.25, -0.2) is 15.0 Å². The lowest BCUT2D eigenvalue weighted by Gasteiger charge is -2.22. The SMILES string of the molecule is CC(=O)Nc1cc(Nc2cc(C)nc(C(C)(F)F)n2)c(C(=N)N2CCC3(CC3)C2)cn1. The van der Waals surface area contributed by atoms with Crippen molar-refractivity contribution in [2.24, 2.45) is 5.41 Å². The molecule has 4 rings (SSSR count). The fourth-order valence-corrected chi connectivity index (χ4v) is 3.84. The zero-order valence-electron chi connectivity index (χ0n) is 17.7. The summed E-state index contributed by atoms with van der Waals surface area (Å²) >= 11 is 0. The van der Waals surface area contributed by atoms with Gasteiger partial charge >= 0.3 is 5.92 Å². The number of carbonyl (C=O) groups excluding carboxylic acids is 1. The predicted octanol–water partition coefficient (Wildman–Crippen LogP) is 3.80. The second kappa shape index (κ2) is 7.51. The van der Waals surface area contributed by atoms with Gasteiger partial charge in [0.15, 0.2) is 0 Å². The van der Waals surface area contributed by atoms with Gasteiger partial charge in [0.2, 0.25) is 11.7 Å². The van der Waals surface area contributed by atoms with Crippen molar-refractivity contribution in [2.45, 2.75) is 46.0 Å². The Labute approximate surface area is 179 Å². The molecule has 1 amide bonds. The van der Waals surface area contributed by atoms with Crippen LogP contribution in [0.3, 0.4) is 0 Å². The lowest BCUT2D eigenvalue weighted by Crippen LogP contribution is -2.30. The number of anilines is 3. The first-order chi connectivity index (χ1) is 14.5. The van der Waals surface area contributed by atoms with E-state index in [-0.39, 0.29) is 11.7 Å². The number of alkyl halides is 2. The molecule has 1 aliphatic carbocycles. The van der Waals surface area contributed by atoms with Gasteiger partial charge in [0.25, 0.3) is 0 Å². The van der Waals surface area contributed by atoms with E-state index in [0.29, 0.717) is 34.0 Å². The van der Waals surface area contributed by atoms with E-state index in [1.54, 1.807) is 19.1 Å². The average molecular weight is 429 g/mol. The zero-order chi connectivity index (χ0) is 22.4. The summed E-state index contributed by atoms with van der Waals surface area (Å²) in [7, 11) is 0. The van der Waals surface area contributed by atoms with Gasteiger partial charge in [0, 0.05) is 51.0 Å². The van der Waals surface area contributed by atoms with E-state index in [1.807, 2.05) is 4.90 Å². The van der Waals surface area contributed by atoms with Crippen LogP contribution in [0.2, 0.25) is 0 Å². The number of rotatable bonds is 5. The fourth-order valence-electron chi connectivity index (χ4n) is 3.84. The molecule has 0 atom stereocenters. The number of aryl methyl sites for hydroxylation is 1. The maximum absolute atomic E-state index is 13.8. The molecule has 0 unspecified atom stereocenters. The standard InChI is InChI=1S/C21H25F2N7O/c1-12-8-17(29-19(26-12)20(3,22)23)28-15-9-16(27-13(2)31)25-10-14(15)18(24)30-7-6-21(11-30)4-5-21/h8-10,24H,4-7,11H2,1-3H3,(H2,25,26,27,28,29,31). The van der Waals surface area contributed by atoms with Gasteiger partial charge in [0.05, 0.1) is 11.3 Å². The van der Waals surface area contributed by atoms with Crippen molar-refractivity contribution in [3.05, 3.63) is 35.4 Å². The first kappa shape index (κ1) is 21.1. The quantitative estimate of drug-likeness (QED) is 0.493. The van der Waals surface area contributed by atoms with Crippen molar-refractivity contribution in [3.8, 4) is 0 Å². The van der Waals surface area contributed by atoms with Crippen molar-refractivity contribution >= 4 is 29.1 Å². The van der Waals surface area contributed by atoms with Crippen molar-refractivity contribution < 1.29 is 13.6 Å². The number of pyridine rings is 1. The van der Waals surface area contributed by atoms with Crippen LogP contribution >= 0.6 is 0 Å². The Bertz CT molecular complexity index is 1050. The van der Waals surface area contributed by atoms with E-state index in [2.05, 4.69) is 25.6 Å². The van der Waals surface area contributed by atoms with Crippen LogP contribution in [0.25, 0.3) is 0 Å². The first-order valence-corrected chi connectivity index (χ1v) is 10.2. The third kappa shape index (κ3) is 4.62. The Morgan fingerprint density at radius 3 is 2.58 bits per heavy atom. The Morgan fingerprint density at radius 1 is 1.23 bits per heavy atom. The molecule has 10 heteroatoms. The molecule has 31 heavy (non-hydrogen) atoms. The van der Waals surface area contributed by atoms with Gasteiger partial charge < -0.3 is 15.5 Å². The number of amides is 1. The summed E-state index contributed by atoms with van der Waals surface area (Å²) in [5.74, 6) is -3.29. The average Bonchev–Trinajstić information content (AvgIpc) is 3.28. The third-order valence-corrected chi connectivity index (χ3v) is 5.68. The Kier molecular flexibility index (Phi) is 5.10. The van der Waals surface area contributed by atoms with Crippen molar-refractivity contribution in [2.75, 3.05) is 23.7 Å². The molecule has 8 nitrogen and oxygen atoms in total. The minimum atomic E-state index is -3.19. The van der Waals surface area contributed by atoms with Crippen LogP contribution in [0.4, 0.5) is 26.1 Å². The summed E-state index contributed by atoms with van der Waals surface area (Å²) in [6, 6.07) is 3.13. The molecule has 1 aliphatic heterocycles. The number of nitrogens with zero attached hydrogens (tertiary/aromatic N) is 4. The molecule has 0 bridgehead atoms. The molecular formula is C21H25F2N7O. The summed E-state index contributed by atoms with van der Waals surface area (Å²) in [5.41, 5.74) is 1.68. The third-order valence-electron chi connectivity index (χ3n) is 5.68. The lowest BCUT2D eigenvalue weighted by molar-refractivity contribution is -0.114. The van der Waals surface area contributed by atoms with E-state index in [4.69, 9.17) is 5.41 Å². The molecule has 164 valence electrons. The highest BCUT2D eigenvalue weighted by Crippen LogP contribution is 2.52. The smallest absolute Gasteiger partial charge is 0.303 e. The minimum absolute atomic E-state index is 0.179. The van der Waals surface area contributed by atoms with E-state index in [9.17, 15) is 13.6 Å². The molecule has 2 aliphatic rings. The number of halogens is 2. The summed E-state index contributed by atoms with van der Waals surface area (Å²) in [6.45, 7) is 5.35. The first-order valence-electron chi connectivity index (χ1n) is 10.2. The van der Waals surface area contributed by atoms with Gasteiger partial charge in [-0.3, -0.25) is 10.2 Å². The van der Waals surface area contributed by atoms with Crippen LogP contribution in [-0.2, 0) is 10.7 Å². The normalized spacial score (nSPS) is 17.0. The van der Waals surface area contributed by atoms with E-state index >= 15 is 0 Å². The van der Waals surface area contributed by atoms with Crippen LogP contribution < -0.4 is 10.6 Å². The second-order valence-electron chi connectivity index (χ2n) is 8.55. The highest BCUT2D eigenvalue weighted by Gasteiger charge is 2.48. The predicted molar refractivity (Wildman–Crippen MR) is 113 cm³/mol. The number of hydrogen-bond acceptors (Lipinski definition) is 6. The van der Waals surface area contributed by atoms with E-state index in [1.165, 1.54) is 26.0 Å². The van der Waals surface area contributed by atoms with Crippen molar-refractivity contribution in [1.82, 2.24) is 19.9 Å². The molecule has 2 aromatic heterocycles. The van der Waals surface area contributed by atoms with Crippen LogP contribution in [0.1, 0.15) is 50.2 Å². The van der Waals surface area contributed by atoms with Crippen LogP contribution in [0.5, 0.6) is 0 Å². The highest BCUT2D eigenvalue weighted by atomic mass is 19.3. The molecule has 1 saturated carbocycles. The molecule has 3 N–H and O–H groups in total. The van der Waals surface area contributed by atoms with Gasteiger partial charge in [-0.15, -0.1) is 0 Å². The summed E-state index contributed by atoms with van der Waals surface area (Å²) in [5, 5.41) is 14.4. The highest BCUT2D eigenvalue weighted by molar-refractivity contribution is 6.02. The van der Waals surface area contributed by atoms with Gasteiger partial charge in [-0.05, 0) is 31.6 Å². The van der Waals surface area contributed by atoms with Crippen molar-refractivity contribution in [1.29, 1.82) is 5.41 Å². The van der Waals surface area contributed by atoms with Crippen molar-refractivity contribution in [3.63, 3.8) is 0 Å². The van der Waals surface area contributed by atoms with Gasteiger partial charge in [-0.2, -0.15) is 8.78 Å². The summed E-state index contributed by atoms with van der Waals surface area (Å²) < 4.78 is 27.6. The van der Waals surface area contributed by atoms with Crippen LogP contribution in [0, 0.1) is 17.7 Å². The molecule has 3 heterocycles. The molecule has 2 fully saturated rings.